The molecule has 1 rings (SSSR count). The summed E-state index contributed by atoms with van der Waals surface area (Å²) in [6.07, 6.45) is 2.20. The molecule has 0 amide bonds. The van der Waals surface area contributed by atoms with E-state index < -0.39 is 0 Å². The van der Waals surface area contributed by atoms with Crippen LogP contribution in [0.25, 0.3) is 0 Å². The second-order valence-electron chi connectivity index (χ2n) is 2.91. The minimum absolute atomic E-state index is 0. The average molecular weight is 201 g/mol. The lowest BCUT2D eigenvalue weighted by molar-refractivity contribution is 0.665. The van der Waals surface area contributed by atoms with E-state index in [-0.39, 0.29) is 18.6 Å². The first-order chi connectivity index (χ1) is 5.83. The van der Waals surface area contributed by atoms with Gasteiger partial charge in [-0.3, -0.25) is 0 Å². The number of nitrogens with two attached hydrogens (primary N) is 1. The summed E-state index contributed by atoms with van der Waals surface area (Å²) in [5.41, 5.74) is 6.90. The van der Waals surface area contributed by atoms with Crippen LogP contribution in [-0.2, 0) is 0 Å². The molecule has 3 N–H and O–H groups in total. The molecule has 1 atom stereocenters. The molecule has 0 saturated heterocycles. The van der Waals surface area contributed by atoms with Gasteiger partial charge in [0.25, 0.3) is 0 Å². The maximum absolute atomic E-state index is 5.81. The Morgan fingerprint density at radius 2 is 1.92 bits per heavy atom. The van der Waals surface area contributed by atoms with Gasteiger partial charge in [-0.15, -0.1) is 12.4 Å². The third kappa shape index (κ3) is 4.76. The highest BCUT2D eigenvalue weighted by atomic mass is 35.5. The molecular weight excluding hydrogens is 184 g/mol. The molecule has 1 aromatic carbocycles. The normalized spacial score (nSPS) is 11.5. The van der Waals surface area contributed by atoms with Crippen LogP contribution in [-0.4, -0.2) is 6.17 Å². The van der Waals surface area contributed by atoms with Crippen molar-refractivity contribution in [3.05, 3.63) is 30.3 Å². The zero-order valence-electron chi connectivity index (χ0n) is 7.86. The number of para-hydroxylation sites is 1. The first-order valence-electron chi connectivity index (χ1n) is 4.40. The van der Waals surface area contributed by atoms with Gasteiger partial charge in [0.15, 0.2) is 0 Å². The number of halogens is 1. The number of anilines is 1. The Morgan fingerprint density at radius 1 is 1.31 bits per heavy atom. The summed E-state index contributed by atoms with van der Waals surface area (Å²) in [7, 11) is 0. The Labute approximate surface area is 85.9 Å². The van der Waals surface area contributed by atoms with Gasteiger partial charge in [0.2, 0.25) is 0 Å². The Morgan fingerprint density at radius 3 is 2.46 bits per heavy atom. The maximum atomic E-state index is 5.81. The van der Waals surface area contributed by atoms with Gasteiger partial charge >= 0.3 is 0 Å². The maximum Gasteiger partial charge on any atom is 0.0742 e. The summed E-state index contributed by atoms with van der Waals surface area (Å²) in [6, 6.07) is 10.0. The molecular formula is C10H17ClN2. The third-order valence-corrected chi connectivity index (χ3v) is 1.73. The van der Waals surface area contributed by atoms with E-state index in [0.717, 1.165) is 18.5 Å². The molecule has 0 aromatic heterocycles. The fourth-order valence-electron chi connectivity index (χ4n) is 1.13. The lowest BCUT2D eigenvalue weighted by Crippen LogP contribution is -2.28. The van der Waals surface area contributed by atoms with Crippen molar-refractivity contribution in [2.24, 2.45) is 5.73 Å². The summed E-state index contributed by atoms with van der Waals surface area (Å²) in [4.78, 5) is 0. The summed E-state index contributed by atoms with van der Waals surface area (Å²) < 4.78 is 0. The molecule has 0 heterocycles. The summed E-state index contributed by atoms with van der Waals surface area (Å²) in [5.74, 6) is 0. The Bertz CT molecular complexity index is 213. The molecule has 0 bridgehead atoms. The van der Waals surface area contributed by atoms with E-state index >= 15 is 0 Å². The van der Waals surface area contributed by atoms with Crippen LogP contribution in [0, 0.1) is 0 Å². The van der Waals surface area contributed by atoms with Crippen LogP contribution in [0.1, 0.15) is 19.8 Å². The quantitative estimate of drug-likeness (QED) is 0.734. The predicted molar refractivity (Wildman–Crippen MR) is 60.2 cm³/mol. The molecule has 74 valence electrons. The molecule has 0 aliphatic rings. The first-order valence-corrected chi connectivity index (χ1v) is 4.40. The van der Waals surface area contributed by atoms with Crippen molar-refractivity contribution in [3.8, 4) is 0 Å². The van der Waals surface area contributed by atoms with Gasteiger partial charge in [-0.25, -0.2) is 0 Å². The van der Waals surface area contributed by atoms with E-state index in [2.05, 4.69) is 12.2 Å². The minimum atomic E-state index is 0. The second kappa shape index (κ2) is 6.75. The molecule has 0 aliphatic heterocycles. The topological polar surface area (TPSA) is 38.0 Å². The lowest BCUT2D eigenvalue weighted by Gasteiger charge is -2.13. The summed E-state index contributed by atoms with van der Waals surface area (Å²) in [6.45, 7) is 2.13. The van der Waals surface area contributed by atoms with Gasteiger partial charge in [-0.1, -0.05) is 31.5 Å². The van der Waals surface area contributed by atoms with Gasteiger partial charge < -0.3 is 11.1 Å². The molecule has 0 saturated carbocycles. The molecule has 0 radical (unpaired) electrons. The van der Waals surface area contributed by atoms with Crippen molar-refractivity contribution < 1.29 is 0 Å². The molecule has 0 fully saturated rings. The van der Waals surface area contributed by atoms with E-state index in [9.17, 15) is 0 Å². The zero-order valence-corrected chi connectivity index (χ0v) is 8.68. The van der Waals surface area contributed by atoms with Crippen molar-refractivity contribution in [2.75, 3.05) is 5.32 Å². The van der Waals surface area contributed by atoms with Crippen LogP contribution in [0.4, 0.5) is 5.69 Å². The van der Waals surface area contributed by atoms with Crippen molar-refractivity contribution in [1.82, 2.24) is 0 Å². The molecule has 3 heteroatoms. The average Bonchev–Trinajstić information content (AvgIpc) is 2.06. The van der Waals surface area contributed by atoms with Gasteiger partial charge in [-0.2, -0.15) is 0 Å². The summed E-state index contributed by atoms with van der Waals surface area (Å²) in [5, 5.41) is 3.22. The smallest absolute Gasteiger partial charge is 0.0742 e. The van der Waals surface area contributed by atoms with Crippen LogP contribution in [0.3, 0.4) is 0 Å². The van der Waals surface area contributed by atoms with Gasteiger partial charge in [-0.05, 0) is 18.6 Å². The van der Waals surface area contributed by atoms with Crippen molar-refractivity contribution >= 4 is 18.1 Å². The highest BCUT2D eigenvalue weighted by molar-refractivity contribution is 5.85. The SMILES string of the molecule is CCCC(N)Nc1ccccc1.Cl. The van der Waals surface area contributed by atoms with E-state index in [1.54, 1.807) is 0 Å². The zero-order chi connectivity index (χ0) is 8.81. The fourth-order valence-corrected chi connectivity index (χ4v) is 1.13. The molecule has 0 spiro atoms. The Hall–Kier alpha value is -0.730. The van der Waals surface area contributed by atoms with E-state index in [4.69, 9.17) is 5.73 Å². The number of benzene rings is 1. The third-order valence-electron chi connectivity index (χ3n) is 1.73. The van der Waals surface area contributed by atoms with E-state index in [1.165, 1.54) is 0 Å². The summed E-state index contributed by atoms with van der Waals surface area (Å²) >= 11 is 0. The van der Waals surface area contributed by atoms with Gasteiger partial charge in [0.05, 0.1) is 6.17 Å². The molecule has 2 nitrogen and oxygen atoms in total. The van der Waals surface area contributed by atoms with Crippen molar-refractivity contribution in [3.63, 3.8) is 0 Å². The molecule has 13 heavy (non-hydrogen) atoms. The number of hydrogen-bond acceptors (Lipinski definition) is 2. The largest absolute Gasteiger partial charge is 0.370 e. The van der Waals surface area contributed by atoms with Crippen LogP contribution >= 0.6 is 12.4 Å². The highest BCUT2D eigenvalue weighted by Gasteiger charge is 1.98. The van der Waals surface area contributed by atoms with E-state index in [0.29, 0.717) is 0 Å². The van der Waals surface area contributed by atoms with Crippen LogP contribution in [0.15, 0.2) is 30.3 Å². The van der Waals surface area contributed by atoms with Crippen LogP contribution in [0.2, 0.25) is 0 Å². The van der Waals surface area contributed by atoms with E-state index in [1.807, 2.05) is 30.3 Å². The second-order valence-corrected chi connectivity index (χ2v) is 2.91. The number of hydrogen-bond donors (Lipinski definition) is 2. The van der Waals surface area contributed by atoms with Crippen LogP contribution in [0.5, 0.6) is 0 Å². The molecule has 1 unspecified atom stereocenters. The van der Waals surface area contributed by atoms with Crippen LogP contribution < -0.4 is 11.1 Å². The van der Waals surface area contributed by atoms with Gasteiger partial charge in [0.1, 0.15) is 0 Å². The fraction of sp³-hybridized carbons (Fsp3) is 0.400. The standard InChI is InChI=1S/C10H16N2.ClH/c1-2-6-10(11)12-9-7-4-3-5-8-9;/h3-5,7-8,10,12H,2,6,11H2,1H3;1H. The molecule has 1 aromatic rings. The molecule has 0 aliphatic carbocycles. The highest BCUT2D eigenvalue weighted by Crippen LogP contribution is 2.06. The number of nitrogens with one attached hydrogen (secondary N) is 1. The number of rotatable bonds is 4. The monoisotopic (exact) mass is 200 g/mol. The van der Waals surface area contributed by atoms with Crippen molar-refractivity contribution in [1.29, 1.82) is 0 Å². The van der Waals surface area contributed by atoms with Gasteiger partial charge in [0, 0.05) is 5.69 Å². The predicted octanol–water partition coefficient (Wildman–Crippen LogP) is 2.61. The first kappa shape index (κ1) is 12.3. The Balaban J connectivity index is 0.00000144. The minimum Gasteiger partial charge on any atom is -0.370 e. The Kier molecular flexibility index (Phi) is 6.37. The van der Waals surface area contributed by atoms with Crippen molar-refractivity contribution in [2.45, 2.75) is 25.9 Å². The lowest BCUT2D eigenvalue weighted by atomic mass is 10.2.